The molecule has 1 aromatic heterocycles. The number of benzene rings is 1. The van der Waals surface area contributed by atoms with Crippen molar-refractivity contribution in [2.24, 2.45) is 11.8 Å². The Morgan fingerprint density at radius 3 is 2.45 bits per heavy atom. The molecule has 3 rings (SSSR count). The smallest absolute Gasteiger partial charge is 0.252 e. The maximum atomic E-state index is 12.7. The quantitative estimate of drug-likeness (QED) is 0.666. The minimum absolute atomic E-state index is 0.0551. The zero-order valence-electron chi connectivity index (χ0n) is 16.4. The third-order valence-electron chi connectivity index (χ3n) is 5.19. The number of anilines is 1. The van der Waals surface area contributed by atoms with Crippen molar-refractivity contribution in [2.45, 2.75) is 30.9 Å². The second-order valence-corrected chi connectivity index (χ2v) is 10.9. The molecule has 1 fully saturated rings. The molecule has 1 N–H and O–H groups in total. The number of carbonyl (C=O) groups is 1. The first-order valence-electron chi connectivity index (χ1n) is 9.60. The van der Waals surface area contributed by atoms with Crippen molar-refractivity contribution < 1.29 is 17.9 Å². The van der Waals surface area contributed by atoms with Gasteiger partial charge in [-0.3, -0.25) is 4.79 Å². The van der Waals surface area contributed by atoms with Gasteiger partial charge in [-0.2, -0.15) is 4.31 Å². The number of sulfonamides is 1. The van der Waals surface area contributed by atoms with E-state index >= 15 is 0 Å². The minimum atomic E-state index is -3.51. The van der Waals surface area contributed by atoms with E-state index in [-0.39, 0.29) is 22.0 Å². The Hall–Kier alpha value is -1.61. The molecule has 1 aliphatic heterocycles. The number of nitrogens with zero attached hydrogens (tertiary/aromatic N) is 1. The minimum Gasteiger partial charge on any atom is -0.494 e. The first-order valence-corrected chi connectivity index (χ1v) is 12.2. The molecule has 6 nitrogen and oxygen atoms in total. The van der Waals surface area contributed by atoms with Crippen molar-refractivity contribution in [3.05, 3.63) is 40.7 Å². The Morgan fingerprint density at radius 2 is 1.90 bits per heavy atom. The Morgan fingerprint density at radius 1 is 1.24 bits per heavy atom. The second-order valence-electron chi connectivity index (χ2n) is 7.04. The highest BCUT2D eigenvalue weighted by molar-refractivity contribution is 7.91. The SMILES string of the molecule is CCOc1ccc(NC(=O)C(C)C2CCN(S(=O)(=O)c3ccc(Cl)s3)CC2)cc1. The summed E-state index contributed by atoms with van der Waals surface area (Å²) < 4.78 is 33.0. The largest absolute Gasteiger partial charge is 0.494 e. The summed E-state index contributed by atoms with van der Waals surface area (Å²) >= 11 is 6.95. The number of ether oxygens (including phenoxy) is 1. The molecule has 2 aromatic rings. The molecule has 0 radical (unpaired) electrons. The zero-order valence-corrected chi connectivity index (χ0v) is 18.8. The van der Waals surface area contributed by atoms with Crippen LogP contribution in [0.2, 0.25) is 4.34 Å². The van der Waals surface area contributed by atoms with E-state index in [9.17, 15) is 13.2 Å². The lowest BCUT2D eigenvalue weighted by Crippen LogP contribution is -2.41. The van der Waals surface area contributed by atoms with Gasteiger partial charge < -0.3 is 10.1 Å². The number of rotatable bonds is 7. The van der Waals surface area contributed by atoms with Gasteiger partial charge in [0.25, 0.3) is 10.0 Å². The van der Waals surface area contributed by atoms with Gasteiger partial charge in [0.15, 0.2) is 0 Å². The number of hydrogen-bond acceptors (Lipinski definition) is 5. The molecule has 0 saturated carbocycles. The highest BCUT2D eigenvalue weighted by Crippen LogP contribution is 2.32. The molecule has 1 atom stereocenters. The van der Waals surface area contributed by atoms with Crippen LogP contribution in [0.1, 0.15) is 26.7 Å². The Labute approximate surface area is 180 Å². The maximum absolute atomic E-state index is 12.7. The van der Waals surface area contributed by atoms with E-state index in [0.717, 1.165) is 22.8 Å². The van der Waals surface area contributed by atoms with Crippen LogP contribution >= 0.6 is 22.9 Å². The second kappa shape index (κ2) is 9.47. The van der Waals surface area contributed by atoms with Crippen LogP contribution < -0.4 is 10.1 Å². The van der Waals surface area contributed by atoms with Crippen molar-refractivity contribution in [3.63, 3.8) is 0 Å². The van der Waals surface area contributed by atoms with Crippen molar-refractivity contribution >= 4 is 44.6 Å². The lowest BCUT2D eigenvalue weighted by molar-refractivity contribution is -0.121. The van der Waals surface area contributed by atoms with Gasteiger partial charge in [0, 0.05) is 24.7 Å². The van der Waals surface area contributed by atoms with Crippen molar-refractivity contribution in [2.75, 3.05) is 25.0 Å². The molecule has 0 bridgehead atoms. The van der Waals surface area contributed by atoms with E-state index in [0.29, 0.717) is 36.9 Å². The molecule has 1 unspecified atom stereocenters. The third kappa shape index (κ3) is 5.31. The van der Waals surface area contributed by atoms with Crippen molar-refractivity contribution in [1.29, 1.82) is 0 Å². The number of thiophene rings is 1. The predicted octanol–water partition coefficient (Wildman–Crippen LogP) is 4.48. The number of carbonyl (C=O) groups excluding carboxylic acids is 1. The molecule has 2 heterocycles. The molecule has 9 heteroatoms. The summed E-state index contributed by atoms with van der Waals surface area (Å²) in [6, 6.07) is 10.4. The summed E-state index contributed by atoms with van der Waals surface area (Å²) in [5.41, 5.74) is 0.722. The van der Waals surface area contributed by atoms with Crippen LogP contribution in [0.4, 0.5) is 5.69 Å². The number of piperidine rings is 1. The van der Waals surface area contributed by atoms with Crippen LogP contribution in [0.25, 0.3) is 0 Å². The highest BCUT2D eigenvalue weighted by Gasteiger charge is 2.34. The fraction of sp³-hybridized carbons (Fsp3) is 0.450. The molecule has 1 aliphatic rings. The first kappa shape index (κ1) is 22.1. The third-order valence-corrected chi connectivity index (χ3v) is 8.79. The van der Waals surface area contributed by atoms with Crippen LogP contribution in [0.15, 0.2) is 40.6 Å². The summed E-state index contributed by atoms with van der Waals surface area (Å²) in [6.07, 6.45) is 1.30. The summed E-state index contributed by atoms with van der Waals surface area (Å²) in [5, 5.41) is 2.94. The Bertz CT molecular complexity index is 936. The maximum Gasteiger partial charge on any atom is 0.252 e. The topological polar surface area (TPSA) is 75.7 Å². The van der Waals surface area contributed by atoms with Crippen LogP contribution in [-0.4, -0.2) is 38.3 Å². The van der Waals surface area contributed by atoms with Crippen LogP contribution in [0.5, 0.6) is 5.75 Å². The van der Waals surface area contributed by atoms with Gasteiger partial charge >= 0.3 is 0 Å². The first-order chi connectivity index (χ1) is 13.8. The molecule has 158 valence electrons. The van der Waals surface area contributed by atoms with Crippen LogP contribution in [0, 0.1) is 11.8 Å². The van der Waals surface area contributed by atoms with Crippen molar-refractivity contribution in [1.82, 2.24) is 4.31 Å². The standard InChI is InChI=1S/C20H25ClN2O4S2/c1-3-27-17-6-4-16(5-7-17)22-20(24)14(2)15-10-12-23(13-11-15)29(25,26)19-9-8-18(21)28-19/h4-9,14-15H,3,10-13H2,1-2H3,(H,22,24). The average molecular weight is 457 g/mol. The molecule has 1 amide bonds. The molecule has 1 aromatic carbocycles. The van der Waals surface area contributed by atoms with Gasteiger partial charge in [-0.25, -0.2) is 8.42 Å². The normalized spacial score (nSPS) is 17.1. The van der Waals surface area contributed by atoms with Crippen LogP contribution in [0.3, 0.4) is 0 Å². The highest BCUT2D eigenvalue weighted by atomic mass is 35.5. The van der Waals surface area contributed by atoms with E-state index in [2.05, 4.69) is 5.32 Å². The Kier molecular flexibility index (Phi) is 7.21. The molecule has 29 heavy (non-hydrogen) atoms. The molecular weight excluding hydrogens is 432 g/mol. The van der Waals surface area contributed by atoms with Gasteiger partial charge in [-0.05, 0) is 62.1 Å². The van der Waals surface area contributed by atoms with E-state index in [1.165, 1.54) is 4.31 Å². The van der Waals surface area contributed by atoms with Crippen LogP contribution in [-0.2, 0) is 14.8 Å². The zero-order chi connectivity index (χ0) is 21.0. The van der Waals surface area contributed by atoms with Gasteiger partial charge in [-0.1, -0.05) is 18.5 Å². The predicted molar refractivity (Wildman–Crippen MR) is 116 cm³/mol. The molecular formula is C20H25ClN2O4S2. The lowest BCUT2D eigenvalue weighted by Gasteiger charge is -2.33. The Balaban J connectivity index is 1.55. The summed E-state index contributed by atoms with van der Waals surface area (Å²) in [5.74, 6) is 0.637. The summed E-state index contributed by atoms with van der Waals surface area (Å²) in [7, 11) is -3.51. The van der Waals surface area contributed by atoms with E-state index < -0.39 is 10.0 Å². The lowest BCUT2D eigenvalue weighted by atomic mass is 9.85. The van der Waals surface area contributed by atoms with Gasteiger partial charge in [0.05, 0.1) is 10.9 Å². The van der Waals surface area contributed by atoms with E-state index in [1.54, 1.807) is 12.1 Å². The summed E-state index contributed by atoms with van der Waals surface area (Å²) in [6.45, 7) is 5.23. The number of amides is 1. The van der Waals surface area contributed by atoms with Gasteiger partial charge in [-0.15, -0.1) is 11.3 Å². The van der Waals surface area contributed by atoms with Crippen molar-refractivity contribution in [3.8, 4) is 5.75 Å². The summed E-state index contributed by atoms with van der Waals surface area (Å²) in [4.78, 5) is 12.6. The van der Waals surface area contributed by atoms with E-state index in [4.69, 9.17) is 16.3 Å². The number of halogens is 1. The number of nitrogens with one attached hydrogen (secondary N) is 1. The molecule has 0 spiro atoms. The average Bonchev–Trinajstić information content (AvgIpc) is 3.16. The van der Waals surface area contributed by atoms with Gasteiger partial charge in [0.2, 0.25) is 5.91 Å². The molecule has 0 aliphatic carbocycles. The molecule has 1 saturated heterocycles. The van der Waals surface area contributed by atoms with Gasteiger partial charge in [0.1, 0.15) is 9.96 Å². The monoisotopic (exact) mass is 456 g/mol. The van der Waals surface area contributed by atoms with E-state index in [1.807, 2.05) is 38.1 Å². The number of hydrogen-bond donors (Lipinski definition) is 1. The fourth-order valence-electron chi connectivity index (χ4n) is 3.45. The fourth-order valence-corrected chi connectivity index (χ4v) is 6.56.